The van der Waals surface area contributed by atoms with Gasteiger partial charge in [0.2, 0.25) is 0 Å². The molecular formula is C13H14BrN3S3. The molecule has 0 aliphatic carbocycles. The van der Waals surface area contributed by atoms with Crippen molar-refractivity contribution in [3.05, 3.63) is 36.9 Å². The van der Waals surface area contributed by atoms with Crippen molar-refractivity contribution >= 4 is 55.5 Å². The summed E-state index contributed by atoms with van der Waals surface area (Å²) in [5, 5.41) is 3.87. The molecule has 7 heteroatoms. The second-order valence-corrected chi connectivity index (χ2v) is 9.00. The number of aliphatic imine (C=N–C) groups is 1. The van der Waals surface area contributed by atoms with Crippen LogP contribution in [0.5, 0.6) is 0 Å². The largest absolute Gasteiger partial charge is 0.379 e. The lowest BCUT2D eigenvalue weighted by atomic mass is 10.0. The summed E-state index contributed by atoms with van der Waals surface area (Å²) in [6.07, 6.45) is 3.92. The predicted octanol–water partition coefficient (Wildman–Crippen LogP) is 4.22. The van der Waals surface area contributed by atoms with Crippen LogP contribution in [0.15, 0.2) is 27.1 Å². The number of hydrogen-bond acceptors (Lipinski definition) is 6. The molecule has 3 heterocycles. The van der Waals surface area contributed by atoms with Gasteiger partial charge in [0.15, 0.2) is 5.17 Å². The first-order valence-corrected chi connectivity index (χ1v) is 9.69. The number of hydrogen-bond donors (Lipinski definition) is 1. The number of rotatable bonds is 3. The molecule has 0 saturated heterocycles. The van der Waals surface area contributed by atoms with Gasteiger partial charge in [-0.2, -0.15) is 0 Å². The highest BCUT2D eigenvalue weighted by Gasteiger charge is 2.32. The van der Waals surface area contributed by atoms with Crippen molar-refractivity contribution in [2.45, 2.75) is 25.3 Å². The first-order valence-electron chi connectivity index (χ1n) is 6.21. The molecule has 0 spiro atoms. The van der Waals surface area contributed by atoms with Crippen LogP contribution in [-0.4, -0.2) is 15.9 Å². The molecule has 0 amide bonds. The quantitative estimate of drug-likeness (QED) is 0.856. The summed E-state index contributed by atoms with van der Waals surface area (Å²) in [4.78, 5) is 11.8. The number of thiophene rings is 1. The minimum Gasteiger partial charge on any atom is -0.379 e. The molecule has 1 atom stereocenters. The minimum absolute atomic E-state index is 0.242. The minimum atomic E-state index is -0.242. The molecule has 0 fully saturated rings. The van der Waals surface area contributed by atoms with Gasteiger partial charge in [-0.25, -0.2) is 9.98 Å². The summed E-state index contributed by atoms with van der Waals surface area (Å²) in [5.41, 5.74) is 5.63. The van der Waals surface area contributed by atoms with E-state index in [0.29, 0.717) is 5.17 Å². The van der Waals surface area contributed by atoms with Gasteiger partial charge < -0.3 is 5.73 Å². The Morgan fingerprint density at radius 1 is 1.45 bits per heavy atom. The fourth-order valence-corrected chi connectivity index (χ4v) is 5.69. The highest BCUT2D eigenvalue weighted by atomic mass is 79.9. The lowest BCUT2D eigenvalue weighted by Crippen LogP contribution is -2.28. The lowest BCUT2D eigenvalue weighted by molar-refractivity contribution is 0.479. The molecule has 20 heavy (non-hydrogen) atoms. The Hall–Kier alpha value is -0.370. The van der Waals surface area contributed by atoms with Crippen molar-refractivity contribution < 1.29 is 0 Å². The third-order valence-electron chi connectivity index (χ3n) is 3.18. The van der Waals surface area contributed by atoms with Gasteiger partial charge in [-0.15, -0.1) is 22.7 Å². The normalized spacial score (nSPS) is 22.8. The van der Waals surface area contributed by atoms with Crippen LogP contribution in [0, 0.1) is 0 Å². The Morgan fingerprint density at radius 3 is 3.00 bits per heavy atom. The first kappa shape index (κ1) is 14.6. The predicted molar refractivity (Wildman–Crippen MR) is 93.0 cm³/mol. The Balaban J connectivity index is 1.81. The van der Waals surface area contributed by atoms with Gasteiger partial charge in [0.05, 0.1) is 0 Å². The molecule has 1 aliphatic heterocycles. The van der Waals surface area contributed by atoms with Crippen LogP contribution in [0.3, 0.4) is 0 Å². The number of amidine groups is 1. The van der Waals surface area contributed by atoms with Gasteiger partial charge in [-0.3, -0.25) is 0 Å². The second-order valence-electron chi connectivity index (χ2n) is 4.86. The van der Waals surface area contributed by atoms with Crippen molar-refractivity contribution in [2.24, 2.45) is 10.7 Å². The van der Waals surface area contributed by atoms with Crippen LogP contribution in [0.2, 0.25) is 0 Å². The molecule has 0 unspecified atom stereocenters. The number of aromatic nitrogens is 1. The Kier molecular flexibility index (Phi) is 4.21. The number of nitrogens with zero attached hydrogens (tertiary/aromatic N) is 2. The third kappa shape index (κ3) is 3.10. The van der Waals surface area contributed by atoms with Crippen molar-refractivity contribution in [2.75, 3.05) is 5.75 Å². The molecule has 0 aromatic carbocycles. The van der Waals surface area contributed by atoms with Crippen LogP contribution in [0.1, 0.15) is 28.1 Å². The van der Waals surface area contributed by atoms with Crippen LogP contribution >= 0.6 is 50.4 Å². The SMILES string of the molecule is C[C@@]1(c2ncc(Cc3cc(Br)cs3)s2)CCSC(N)=N1. The summed E-state index contributed by atoms with van der Waals surface area (Å²) in [6.45, 7) is 2.13. The van der Waals surface area contributed by atoms with Crippen molar-refractivity contribution in [3.8, 4) is 0 Å². The molecule has 0 bridgehead atoms. The van der Waals surface area contributed by atoms with Gasteiger partial charge in [-0.1, -0.05) is 11.8 Å². The number of nitrogens with two attached hydrogens (primary N) is 1. The van der Waals surface area contributed by atoms with E-state index in [1.165, 1.54) is 9.75 Å². The summed E-state index contributed by atoms with van der Waals surface area (Å²) in [6, 6.07) is 2.17. The van der Waals surface area contributed by atoms with Crippen LogP contribution in [0.25, 0.3) is 0 Å². The molecule has 3 nitrogen and oxygen atoms in total. The van der Waals surface area contributed by atoms with E-state index in [0.717, 1.165) is 28.1 Å². The molecule has 0 radical (unpaired) electrons. The summed E-state index contributed by atoms with van der Waals surface area (Å²) in [7, 11) is 0. The zero-order valence-electron chi connectivity index (χ0n) is 10.9. The molecule has 106 valence electrons. The maximum Gasteiger partial charge on any atom is 0.154 e. The third-order valence-corrected chi connectivity index (χ3v) is 6.92. The van der Waals surface area contributed by atoms with Gasteiger partial charge >= 0.3 is 0 Å². The molecule has 1 aliphatic rings. The smallest absolute Gasteiger partial charge is 0.154 e. The number of thiazole rings is 1. The standard InChI is InChI=1S/C13H14BrN3S3/c1-13(2-3-18-12(15)17-13)11-16-6-10(20-11)5-9-4-8(14)7-19-9/h4,6-7H,2-3,5H2,1H3,(H2,15,17)/t13-/m0/s1. The number of halogens is 1. The zero-order valence-corrected chi connectivity index (χ0v) is 15.0. The van der Waals surface area contributed by atoms with Crippen molar-refractivity contribution in [1.29, 1.82) is 0 Å². The van der Waals surface area contributed by atoms with E-state index in [1.54, 1.807) is 34.4 Å². The topological polar surface area (TPSA) is 51.3 Å². The Morgan fingerprint density at radius 2 is 2.30 bits per heavy atom. The molecular weight excluding hydrogens is 374 g/mol. The van der Waals surface area contributed by atoms with E-state index in [9.17, 15) is 0 Å². The van der Waals surface area contributed by atoms with E-state index < -0.39 is 0 Å². The van der Waals surface area contributed by atoms with Crippen LogP contribution in [0.4, 0.5) is 0 Å². The monoisotopic (exact) mass is 387 g/mol. The van der Waals surface area contributed by atoms with Crippen LogP contribution in [-0.2, 0) is 12.0 Å². The average Bonchev–Trinajstić information content (AvgIpc) is 2.99. The zero-order chi connectivity index (χ0) is 14.2. The van der Waals surface area contributed by atoms with E-state index in [4.69, 9.17) is 5.73 Å². The Labute approximate surface area is 138 Å². The van der Waals surface area contributed by atoms with Gasteiger partial charge in [-0.05, 0) is 35.3 Å². The lowest BCUT2D eigenvalue weighted by Gasteiger charge is -2.26. The van der Waals surface area contributed by atoms with Gasteiger partial charge in [0.25, 0.3) is 0 Å². The summed E-state index contributed by atoms with van der Waals surface area (Å²) >= 11 is 8.64. The van der Waals surface area contributed by atoms with Gasteiger partial charge in [0, 0.05) is 38.0 Å². The average molecular weight is 388 g/mol. The van der Waals surface area contributed by atoms with Crippen molar-refractivity contribution in [3.63, 3.8) is 0 Å². The molecule has 2 N–H and O–H groups in total. The van der Waals surface area contributed by atoms with E-state index in [2.05, 4.69) is 44.3 Å². The van der Waals surface area contributed by atoms with E-state index in [1.807, 2.05) is 6.20 Å². The van der Waals surface area contributed by atoms with E-state index in [-0.39, 0.29) is 5.54 Å². The highest BCUT2D eigenvalue weighted by Crippen LogP contribution is 2.37. The Bertz CT molecular complexity index is 649. The van der Waals surface area contributed by atoms with Gasteiger partial charge in [0.1, 0.15) is 10.5 Å². The molecule has 0 saturated carbocycles. The first-order chi connectivity index (χ1) is 9.55. The second kappa shape index (κ2) is 5.79. The fraction of sp³-hybridized carbons (Fsp3) is 0.385. The summed E-state index contributed by atoms with van der Waals surface area (Å²) < 4.78 is 1.15. The van der Waals surface area contributed by atoms with Crippen molar-refractivity contribution in [1.82, 2.24) is 4.98 Å². The summed E-state index contributed by atoms with van der Waals surface area (Å²) in [5.74, 6) is 1.01. The maximum atomic E-state index is 5.87. The van der Waals surface area contributed by atoms with Crippen LogP contribution < -0.4 is 5.73 Å². The fourth-order valence-electron chi connectivity index (χ4n) is 2.10. The maximum absolute atomic E-state index is 5.87. The number of thioether (sulfide) groups is 1. The molecule has 2 aromatic heterocycles. The highest BCUT2D eigenvalue weighted by molar-refractivity contribution is 9.10. The molecule has 3 rings (SSSR count). The van der Waals surface area contributed by atoms with E-state index >= 15 is 0 Å². The molecule has 2 aromatic rings.